The van der Waals surface area contributed by atoms with Gasteiger partial charge in [0.15, 0.2) is 17.5 Å². The van der Waals surface area contributed by atoms with Crippen LogP contribution in [0.2, 0.25) is 0 Å². The topological polar surface area (TPSA) is 29.5 Å². The molecule has 2 rings (SSSR count). The average molecular weight is 287 g/mol. The number of morpholine rings is 1. The summed E-state index contributed by atoms with van der Waals surface area (Å²) in [5.74, 6) is -4.84. The van der Waals surface area contributed by atoms with E-state index in [4.69, 9.17) is 4.74 Å². The number of nitrogens with zero attached hydrogens (tertiary/aromatic N) is 1. The van der Waals surface area contributed by atoms with Crippen LogP contribution in [-0.2, 0) is 4.74 Å². The predicted octanol–water partition coefficient (Wildman–Crippen LogP) is 2.74. The Morgan fingerprint density at radius 2 is 1.85 bits per heavy atom. The van der Waals surface area contributed by atoms with Gasteiger partial charge in [0.25, 0.3) is 5.91 Å². The zero-order valence-corrected chi connectivity index (χ0v) is 11.5. The summed E-state index contributed by atoms with van der Waals surface area (Å²) in [4.78, 5) is 13.7. The Morgan fingerprint density at radius 3 is 2.35 bits per heavy atom. The first-order chi connectivity index (χ1) is 9.19. The lowest BCUT2D eigenvalue weighted by atomic mass is 10.0. The molecule has 1 atom stereocenters. The molecule has 0 aliphatic carbocycles. The van der Waals surface area contributed by atoms with Crippen molar-refractivity contribution in [2.24, 2.45) is 0 Å². The summed E-state index contributed by atoms with van der Waals surface area (Å²) in [5, 5.41) is 0. The molecule has 0 bridgehead atoms. The van der Waals surface area contributed by atoms with E-state index in [9.17, 15) is 18.0 Å². The van der Waals surface area contributed by atoms with Crippen LogP contribution in [0.4, 0.5) is 13.2 Å². The summed E-state index contributed by atoms with van der Waals surface area (Å²) in [6, 6.07) is 1.43. The number of halogens is 3. The normalized spacial score (nSPS) is 21.9. The van der Waals surface area contributed by atoms with Crippen molar-refractivity contribution in [1.29, 1.82) is 0 Å². The van der Waals surface area contributed by atoms with Crippen molar-refractivity contribution in [3.8, 4) is 0 Å². The first kappa shape index (κ1) is 14.8. The third kappa shape index (κ3) is 2.95. The zero-order chi connectivity index (χ0) is 15.1. The number of carbonyl (C=O) groups is 1. The molecule has 1 aliphatic heterocycles. The number of hydrogen-bond donors (Lipinski definition) is 0. The molecule has 0 saturated carbocycles. The summed E-state index contributed by atoms with van der Waals surface area (Å²) < 4.78 is 44.9. The van der Waals surface area contributed by atoms with Crippen LogP contribution in [0.1, 0.15) is 31.1 Å². The first-order valence-electron chi connectivity index (χ1n) is 6.31. The van der Waals surface area contributed by atoms with E-state index in [-0.39, 0.29) is 11.7 Å². The summed E-state index contributed by atoms with van der Waals surface area (Å²) >= 11 is 0. The van der Waals surface area contributed by atoms with Gasteiger partial charge in [-0.05, 0) is 32.9 Å². The maximum Gasteiger partial charge on any atom is 0.254 e. The molecule has 6 heteroatoms. The number of ether oxygens (including phenoxy) is 1. The molecule has 1 fully saturated rings. The Bertz CT molecular complexity index is 522. The van der Waals surface area contributed by atoms with E-state index in [2.05, 4.69) is 0 Å². The molecule has 0 radical (unpaired) electrons. The van der Waals surface area contributed by atoms with Crippen LogP contribution in [0.25, 0.3) is 0 Å². The van der Waals surface area contributed by atoms with Crippen LogP contribution in [0.3, 0.4) is 0 Å². The Morgan fingerprint density at radius 1 is 1.30 bits per heavy atom. The molecule has 1 amide bonds. The number of carbonyl (C=O) groups excluding carboxylic acids is 1. The zero-order valence-electron chi connectivity index (χ0n) is 11.5. The molecule has 0 aromatic heterocycles. The minimum Gasteiger partial charge on any atom is -0.369 e. The van der Waals surface area contributed by atoms with Crippen molar-refractivity contribution in [3.63, 3.8) is 0 Å². The summed E-state index contributed by atoms with van der Waals surface area (Å²) in [7, 11) is 0. The van der Waals surface area contributed by atoms with Gasteiger partial charge in [-0.1, -0.05) is 0 Å². The van der Waals surface area contributed by atoms with Gasteiger partial charge < -0.3 is 9.64 Å². The van der Waals surface area contributed by atoms with E-state index in [0.717, 1.165) is 0 Å². The largest absolute Gasteiger partial charge is 0.369 e. The second-order valence-electron chi connectivity index (χ2n) is 5.63. The maximum absolute atomic E-state index is 13.2. The van der Waals surface area contributed by atoms with Crippen molar-refractivity contribution in [2.45, 2.75) is 32.5 Å². The molecule has 1 aliphatic rings. The Hall–Kier alpha value is -1.56. The van der Waals surface area contributed by atoms with Crippen LogP contribution in [0.15, 0.2) is 12.1 Å². The van der Waals surface area contributed by atoms with Gasteiger partial charge in [0.05, 0.1) is 11.7 Å². The number of amides is 1. The van der Waals surface area contributed by atoms with Crippen LogP contribution >= 0.6 is 0 Å². The lowest BCUT2D eigenvalue weighted by molar-refractivity contribution is -0.118. The Balaban J connectivity index is 2.27. The minimum atomic E-state index is -1.57. The van der Waals surface area contributed by atoms with Crippen molar-refractivity contribution in [3.05, 3.63) is 35.1 Å². The standard InChI is InChI=1S/C14H16F3NO2/c1-8-6-18(7-14(2,3)20-8)13(19)9-4-10(15)12(17)11(16)5-9/h4-5,8H,6-7H2,1-3H3. The highest BCUT2D eigenvalue weighted by Crippen LogP contribution is 2.23. The van der Waals surface area contributed by atoms with Crippen LogP contribution in [0, 0.1) is 17.5 Å². The fraction of sp³-hybridized carbons (Fsp3) is 0.500. The second-order valence-corrected chi connectivity index (χ2v) is 5.63. The number of rotatable bonds is 1. The van der Waals surface area contributed by atoms with Crippen molar-refractivity contribution >= 4 is 5.91 Å². The molecule has 1 unspecified atom stereocenters. The average Bonchev–Trinajstić information content (AvgIpc) is 2.32. The van der Waals surface area contributed by atoms with Gasteiger partial charge in [-0.25, -0.2) is 13.2 Å². The lowest BCUT2D eigenvalue weighted by Crippen LogP contribution is -2.53. The van der Waals surface area contributed by atoms with Crippen molar-refractivity contribution in [1.82, 2.24) is 4.90 Å². The lowest BCUT2D eigenvalue weighted by Gasteiger charge is -2.41. The third-order valence-electron chi connectivity index (χ3n) is 3.09. The maximum atomic E-state index is 13.2. The minimum absolute atomic E-state index is 0.183. The molecule has 110 valence electrons. The predicted molar refractivity (Wildman–Crippen MR) is 66.8 cm³/mol. The summed E-state index contributed by atoms with van der Waals surface area (Å²) in [6.07, 6.45) is -0.183. The molecule has 1 saturated heterocycles. The highest BCUT2D eigenvalue weighted by molar-refractivity contribution is 5.94. The molecule has 3 nitrogen and oxygen atoms in total. The molecular formula is C14H16F3NO2. The van der Waals surface area contributed by atoms with Gasteiger partial charge in [0.1, 0.15) is 0 Å². The quantitative estimate of drug-likeness (QED) is 0.743. The molecule has 1 aromatic rings. The summed E-state index contributed by atoms with van der Waals surface area (Å²) in [6.45, 7) is 6.09. The van der Waals surface area contributed by atoms with Gasteiger partial charge in [-0.2, -0.15) is 0 Å². The van der Waals surface area contributed by atoms with Gasteiger partial charge in [-0.15, -0.1) is 0 Å². The molecule has 20 heavy (non-hydrogen) atoms. The molecule has 1 heterocycles. The van der Waals surface area contributed by atoms with E-state index in [1.165, 1.54) is 4.90 Å². The number of hydrogen-bond acceptors (Lipinski definition) is 2. The fourth-order valence-corrected chi connectivity index (χ4v) is 2.47. The smallest absolute Gasteiger partial charge is 0.254 e. The van der Waals surface area contributed by atoms with E-state index >= 15 is 0 Å². The second kappa shape index (κ2) is 5.09. The van der Waals surface area contributed by atoms with E-state index in [1.54, 1.807) is 0 Å². The van der Waals surface area contributed by atoms with Crippen molar-refractivity contribution in [2.75, 3.05) is 13.1 Å². The molecule has 0 spiro atoms. The van der Waals surface area contributed by atoms with Crippen molar-refractivity contribution < 1.29 is 22.7 Å². The van der Waals surface area contributed by atoms with Crippen LogP contribution < -0.4 is 0 Å². The Labute approximate surface area is 115 Å². The van der Waals surface area contributed by atoms with Crippen LogP contribution in [0.5, 0.6) is 0 Å². The van der Waals surface area contributed by atoms with E-state index in [0.29, 0.717) is 25.2 Å². The fourth-order valence-electron chi connectivity index (χ4n) is 2.47. The Kier molecular flexibility index (Phi) is 3.77. The first-order valence-corrected chi connectivity index (χ1v) is 6.31. The molecular weight excluding hydrogens is 271 g/mol. The van der Waals surface area contributed by atoms with Gasteiger partial charge in [-0.3, -0.25) is 4.79 Å². The van der Waals surface area contributed by atoms with E-state index < -0.39 is 29.0 Å². The van der Waals surface area contributed by atoms with Gasteiger partial charge in [0.2, 0.25) is 0 Å². The van der Waals surface area contributed by atoms with Gasteiger partial charge >= 0.3 is 0 Å². The van der Waals surface area contributed by atoms with E-state index in [1.807, 2.05) is 20.8 Å². The van der Waals surface area contributed by atoms with Gasteiger partial charge in [0, 0.05) is 18.7 Å². The highest BCUT2D eigenvalue weighted by Gasteiger charge is 2.34. The SMILES string of the molecule is CC1CN(C(=O)c2cc(F)c(F)c(F)c2)CC(C)(C)O1. The molecule has 0 N–H and O–H groups in total. The highest BCUT2D eigenvalue weighted by atomic mass is 19.2. The van der Waals surface area contributed by atoms with Crippen LogP contribution in [-0.4, -0.2) is 35.6 Å². The summed E-state index contributed by atoms with van der Waals surface area (Å²) in [5.41, 5.74) is -0.740. The number of benzene rings is 1. The third-order valence-corrected chi connectivity index (χ3v) is 3.09. The molecule has 1 aromatic carbocycles. The monoisotopic (exact) mass is 287 g/mol.